The van der Waals surface area contributed by atoms with Crippen molar-refractivity contribution in [3.8, 4) is 0 Å². The maximum Gasteiger partial charge on any atom is 3.00 e. The molecule has 0 bridgehead atoms. The molecule has 7 heteroatoms. The zero-order valence-electron chi connectivity index (χ0n) is 3.80. The van der Waals surface area contributed by atoms with E-state index in [4.69, 9.17) is 14.1 Å². The first kappa shape index (κ1) is 24.3. The molecule has 0 aliphatic rings. The van der Waals surface area contributed by atoms with Gasteiger partial charge in [0, 0.05) is 9.17 Å². The molecular weight excluding hydrogens is 142 g/mol. The predicted octanol–water partition coefficient (Wildman–Crippen LogP) is -7.08. The molecule has 0 radical (unpaired) electrons. The van der Waals surface area contributed by atoms with Crippen LogP contribution in [-0.2, 0) is 4.46 Å². The number of hydrogen-bond acceptors (Lipinski definition) is 3. The minimum atomic E-state index is -3.63. The normalized spacial score (nSPS) is 3.43. The van der Waals surface area contributed by atoms with Gasteiger partial charge < -0.3 is 19.5 Å². The first-order valence-corrected chi connectivity index (χ1v) is 1.84. The van der Waals surface area contributed by atoms with Crippen LogP contribution in [0.5, 0.6) is 0 Å². The molecule has 32 valence electrons. The summed E-state index contributed by atoms with van der Waals surface area (Å²) in [6.45, 7) is 0. The summed E-state index contributed by atoms with van der Waals surface area (Å²) in [5.41, 5.74) is 0. The van der Waals surface area contributed by atoms with Crippen molar-refractivity contribution >= 4 is 26.5 Å². The maximum atomic E-state index is 8.52. The van der Waals surface area contributed by atoms with Crippen LogP contribution in [-0.4, -0.2) is 32.0 Å². The second kappa shape index (κ2) is 15.7. The van der Waals surface area contributed by atoms with E-state index in [1.807, 2.05) is 0 Å². The Morgan fingerprint density at radius 3 is 1.29 bits per heavy atom. The Labute approximate surface area is 75.2 Å². The molecule has 0 spiro atoms. The fourth-order valence-electron chi connectivity index (χ4n) is 0. The van der Waals surface area contributed by atoms with Gasteiger partial charge in [0.25, 0.3) is 0 Å². The largest absolute Gasteiger partial charge is 3.00 e. The average Bonchev–Trinajstić information content (AvgIpc) is 0.811. The summed E-state index contributed by atoms with van der Waals surface area (Å²) in [5.74, 6) is 0. The third-order valence-corrected chi connectivity index (χ3v) is 0. The summed E-state index contributed by atoms with van der Waals surface area (Å²) in [5, 5.41) is 0. The van der Waals surface area contributed by atoms with Crippen molar-refractivity contribution in [3.63, 3.8) is 0 Å². The van der Waals surface area contributed by atoms with Gasteiger partial charge in [-0.05, 0) is 0 Å². The van der Waals surface area contributed by atoms with Crippen LogP contribution in [0.3, 0.4) is 0 Å². The van der Waals surface area contributed by atoms with Crippen LogP contribution in [0.15, 0.2) is 0 Å². The molecule has 0 aromatic carbocycles. The van der Waals surface area contributed by atoms with Crippen LogP contribution in [0.25, 0.3) is 0 Å². The summed E-state index contributed by atoms with van der Waals surface area (Å²) in [6.07, 6.45) is 0. The van der Waals surface area contributed by atoms with Gasteiger partial charge in [-0.1, -0.05) is 0 Å². The summed E-state index contributed by atoms with van der Waals surface area (Å²) in [6, 6.07) is 0. The second-order valence-electron chi connectivity index (χ2n) is 0.250. The van der Waals surface area contributed by atoms with Crippen LogP contribution >= 0.6 is 0 Å². The van der Waals surface area contributed by atoms with Crippen molar-refractivity contribution in [2.75, 3.05) is 0 Å². The number of hydrogen-bond donors (Lipinski definition) is 0. The molecule has 0 unspecified atom stereocenters. The molecule has 0 aromatic rings. The molecule has 0 atom stereocenters. The van der Waals surface area contributed by atoms with E-state index in [1.54, 1.807) is 0 Å². The zero-order chi connectivity index (χ0) is 3.58. The first-order chi connectivity index (χ1) is 1.73. The van der Waals surface area contributed by atoms with E-state index in [-0.39, 0.29) is 52.4 Å². The first-order valence-electron chi connectivity index (χ1n) is 0.612. The van der Waals surface area contributed by atoms with Gasteiger partial charge in [-0.2, -0.15) is 0 Å². The van der Waals surface area contributed by atoms with Gasteiger partial charge in [-0.15, -0.1) is 0 Å². The van der Waals surface area contributed by atoms with Gasteiger partial charge in [-0.25, -0.2) is 0 Å². The van der Waals surface area contributed by atoms with Crippen LogP contribution in [0.1, 0.15) is 0 Å². The third-order valence-electron chi connectivity index (χ3n) is 0. The Morgan fingerprint density at radius 1 is 1.29 bits per heavy atom. The topological polar surface area (TPSA) is 94.7 Å². The van der Waals surface area contributed by atoms with E-state index in [1.165, 1.54) is 0 Å². The van der Waals surface area contributed by atoms with E-state index in [0.717, 1.165) is 0 Å². The van der Waals surface area contributed by atoms with Gasteiger partial charge in [0.2, 0.25) is 0 Å². The quantitative estimate of drug-likeness (QED) is 0.316. The van der Waals surface area contributed by atoms with E-state index in [9.17, 15) is 0 Å². The van der Waals surface area contributed by atoms with Crippen molar-refractivity contribution in [2.24, 2.45) is 0 Å². The van der Waals surface area contributed by atoms with E-state index in [0.29, 0.717) is 0 Å². The Balaban J connectivity index is -0.0000000150. The van der Waals surface area contributed by atoms with Gasteiger partial charge in [0.1, 0.15) is 0 Å². The van der Waals surface area contributed by atoms with E-state index in [2.05, 4.69) is 0 Å². The van der Waals surface area contributed by atoms with Crippen LogP contribution < -0.4 is 39.1 Å². The monoisotopic (exact) mass is 144 g/mol. The molecule has 0 saturated heterocycles. The molecule has 0 amide bonds. The molecule has 0 aromatic heterocycles. The Bertz CT molecular complexity index is 34.7. The molecule has 0 rings (SSSR count). The predicted molar refractivity (Wildman–Crippen MR) is 15.8 cm³/mol. The molecule has 0 aliphatic carbocycles. The van der Waals surface area contributed by atoms with Gasteiger partial charge in [0.15, 0.2) is 0 Å². The minimum absolute atomic E-state index is 0. The van der Waals surface area contributed by atoms with Crippen molar-refractivity contribution < 1.29 is 49.1 Å². The zero-order valence-corrected chi connectivity index (χ0v) is 7.96. The fraction of sp³-hybridized carbons (Fsp3) is 0. The summed E-state index contributed by atoms with van der Waals surface area (Å²) < 4.78 is 8.52. The summed E-state index contributed by atoms with van der Waals surface area (Å²) in [7, 11) is -3.63. The molecule has 2 N–H and O–H groups in total. The molecule has 0 aliphatic heterocycles. The van der Waals surface area contributed by atoms with E-state index < -0.39 is 9.17 Å². The van der Waals surface area contributed by atoms with Crippen molar-refractivity contribution in [1.29, 1.82) is 0 Å². The molecule has 7 heavy (non-hydrogen) atoms. The Morgan fingerprint density at radius 2 is 1.29 bits per heavy atom. The molecule has 4 nitrogen and oxygen atoms in total. The second-order valence-corrected chi connectivity index (χ2v) is 0.750. The Hall–Kier alpha value is 1.11. The van der Waals surface area contributed by atoms with Crippen LogP contribution in [0.2, 0.25) is 0 Å². The standard InChI is InChI=1S/Al.Na.O3Si.H2O/c;;1-4(2)3;/h;;;1H2/q+3;+1;-2;. The van der Waals surface area contributed by atoms with E-state index >= 15 is 0 Å². The third kappa shape index (κ3) is 151. The van der Waals surface area contributed by atoms with Crippen LogP contribution in [0.4, 0.5) is 0 Å². The average molecular weight is 144 g/mol. The SMILES string of the molecule is O.O=[Si]([O-])[O-].[Al+3].[Na+]. The van der Waals surface area contributed by atoms with Crippen molar-refractivity contribution in [2.45, 2.75) is 0 Å². The Kier molecular flexibility index (Phi) is 54.5. The maximum absolute atomic E-state index is 8.52. The summed E-state index contributed by atoms with van der Waals surface area (Å²) >= 11 is 0. The summed E-state index contributed by atoms with van der Waals surface area (Å²) in [4.78, 5) is 17.0. The van der Waals surface area contributed by atoms with Crippen LogP contribution in [0, 0.1) is 0 Å². The van der Waals surface area contributed by atoms with Gasteiger partial charge in [0.05, 0.1) is 0 Å². The van der Waals surface area contributed by atoms with Gasteiger partial charge in [-0.3, -0.25) is 0 Å². The molecule has 0 fully saturated rings. The minimum Gasteiger partial charge on any atom is -0.672 e. The molecule has 0 saturated carbocycles. The van der Waals surface area contributed by atoms with Gasteiger partial charge >= 0.3 is 46.9 Å². The molecular formula is H2AlNaO4Si+2. The fourth-order valence-corrected chi connectivity index (χ4v) is 0. The smallest absolute Gasteiger partial charge is 0.672 e. The number of rotatable bonds is 0. The van der Waals surface area contributed by atoms with Crippen molar-refractivity contribution in [3.05, 3.63) is 0 Å². The molecule has 0 heterocycles. The van der Waals surface area contributed by atoms with Crippen molar-refractivity contribution in [1.82, 2.24) is 0 Å².